The van der Waals surface area contributed by atoms with E-state index in [-0.39, 0.29) is 5.91 Å². The first-order valence-electron chi connectivity index (χ1n) is 7.27. The minimum Gasteiger partial charge on any atom is -0.329 e. The van der Waals surface area contributed by atoms with Crippen molar-refractivity contribution in [2.45, 2.75) is 26.7 Å². The predicted molar refractivity (Wildman–Crippen MR) is 84.3 cm³/mol. The molecular weight excluding hydrogens is 264 g/mol. The number of hydrogen-bond acceptors (Lipinski definition) is 3. The smallest absolute Gasteiger partial charge is 0.231 e. The van der Waals surface area contributed by atoms with Crippen LogP contribution in [0.25, 0.3) is 5.69 Å². The second kappa shape index (κ2) is 6.54. The molecule has 0 bridgehead atoms. The van der Waals surface area contributed by atoms with Crippen LogP contribution in [0.5, 0.6) is 0 Å². The van der Waals surface area contributed by atoms with Crippen molar-refractivity contribution in [1.82, 2.24) is 9.78 Å². The van der Waals surface area contributed by atoms with Crippen molar-refractivity contribution >= 4 is 11.6 Å². The molecule has 0 aliphatic carbocycles. The molecule has 0 unspecified atom stereocenters. The molecule has 2 aromatic rings. The van der Waals surface area contributed by atoms with Gasteiger partial charge in [-0.05, 0) is 37.1 Å². The maximum absolute atomic E-state index is 12.5. The molecule has 0 aliphatic heterocycles. The Hall–Kier alpha value is -2.14. The summed E-state index contributed by atoms with van der Waals surface area (Å²) in [6.07, 6.45) is 5.04. The summed E-state index contributed by atoms with van der Waals surface area (Å²) in [6.45, 7) is 4.34. The number of carbonyl (C=O) groups excluding carboxylic acids is 1. The summed E-state index contributed by atoms with van der Waals surface area (Å²) in [4.78, 5) is 12.5. The molecule has 0 saturated heterocycles. The lowest BCUT2D eigenvalue weighted by molar-refractivity contribution is -0.125. The van der Waals surface area contributed by atoms with Crippen molar-refractivity contribution in [3.8, 4) is 5.69 Å². The number of amides is 1. The fraction of sp³-hybridized carbons (Fsp3) is 0.375. The molecule has 0 aliphatic rings. The molecule has 2 rings (SSSR count). The van der Waals surface area contributed by atoms with E-state index in [1.807, 2.05) is 50.4 Å². The Bertz CT molecular complexity index is 580. The maximum atomic E-state index is 12.5. The van der Waals surface area contributed by atoms with Gasteiger partial charge in [-0.1, -0.05) is 19.9 Å². The number of rotatable bonds is 6. The molecule has 1 aromatic heterocycles. The number of aromatic nitrogens is 2. The molecule has 112 valence electrons. The number of nitrogens with one attached hydrogen (secondary N) is 1. The molecule has 0 saturated carbocycles. The monoisotopic (exact) mass is 286 g/mol. The molecule has 3 N–H and O–H groups in total. The van der Waals surface area contributed by atoms with Crippen molar-refractivity contribution in [3.05, 3.63) is 42.7 Å². The van der Waals surface area contributed by atoms with Crippen molar-refractivity contribution in [2.24, 2.45) is 11.1 Å². The quantitative estimate of drug-likeness (QED) is 0.857. The van der Waals surface area contributed by atoms with Crippen LogP contribution >= 0.6 is 0 Å². The van der Waals surface area contributed by atoms with Gasteiger partial charge in [-0.2, -0.15) is 5.10 Å². The van der Waals surface area contributed by atoms with Gasteiger partial charge in [0.25, 0.3) is 0 Å². The second-order valence-electron chi connectivity index (χ2n) is 5.15. The highest BCUT2D eigenvalue weighted by Crippen LogP contribution is 2.27. The molecule has 1 amide bonds. The van der Waals surface area contributed by atoms with Crippen molar-refractivity contribution in [1.29, 1.82) is 0 Å². The lowest BCUT2D eigenvalue weighted by Crippen LogP contribution is -2.41. The Labute approximate surface area is 125 Å². The number of hydrogen-bond donors (Lipinski definition) is 2. The van der Waals surface area contributed by atoms with Crippen LogP contribution in [0.4, 0.5) is 5.69 Å². The molecule has 1 heterocycles. The Balaban J connectivity index is 2.20. The van der Waals surface area contributed by atoms with Crippen LogP contribution in [0.15, 0.2) is 42.7 Å². The van der Waals surface area contributed by atoms with Crippen molar-refractivity contribution in [2.75, 3.05) is 11.9 Å². The SMILES string of the molecule is CCC(CC)(CN)C(=O)Nc1cccc(-n2cccn2)c1. The highest BCUT2D eigenvalue weighted by molar-refractivity contribution is 5.95. The summed E-state index contributed by atoms with van der Waals surface area (Å²) in [5.74, 6) is -0.0207. The van der Waals surface area contributed by atoms with Crippen LogP contribution in [-0.2, 0) is 4.79 Å². The topological polar surface area (TPSA) is 72.9 Å². The van der Waals surface area contributed by atoms with Gasteiger partial charge in [-0.3, -0.25) is 4.79 Å². The van der Waals surface area contributed by atoms with Gasteiger partial charge in [-0.25, -0.2) is 4.68 Å². The minimum absolute atomic E-state index is 0.0207. The largest absolute Gasteiger partial charge is 0.329 e. The van der Waals surface area contributed by atoms with Crippen LogP contribution in [0.1, 0.15) is 26.7 Å². The first-order chi connectivity index (χ1) is 10.1. The molecule has 1 aromatic carbocycles. The highest BCUT2D eigenvalue weighted by Gasteiger charge is 2.33. The van der Waals surface area contributed by atoms with Crippen LogP contribution in [-0.4, -0.2) is 22.2 Å². The number of benzene rings is 1. The Kier molecular flexibility index (Phi) is 4.75. The van der Waals surface area contributed by atoms with Crippen LogP contribution in [0.3, 0.4) is 0 Å². The third-order valence-electron chi connectivity index (χ3n) is 4.10. The van der Waals surface area contributed by atoms with E-state index in [0.29, 0.717) is 6.54 Å². The van der Waals surface area contributed by atoms with Gasteiger partial charge in [0, 0.05) is 24.6 Å². The van der Waals surface area contributed by atoms with Crippen molar-refractivity contribution in [3.63, 3.8) is 0 Å². The number of nitrogens with two attached hydrogens (primary N) is 1. The summed E-state index contributed by atoms with van der Waals surface area (Å²) in [6, 6.07) is 9.47. The van der Waals surface area contributed by atoms with Gasteiger partial charge >= 0.3 is 0 Å². The van der Waals surface area contributed by atoms with Gasteiger partial charge in [0.15, 0.2) is 0 Å². The maximum Gasteiger partial charge on any atom is 0.231 e. The Morgan fingerprint density at radius 1 is 1.33 bits per heavy atom. The normalized spacial score (nSPS) is 11.4. The average molecular weight is 286 g/mol. The molecule has 0 atom stereocenters. The fourth-order valence-electron chi connectivity index (χ4n) is 2.36. The van der Waals surface area contributed by atoms with Crippen LogP contribution in [0.2, 0.25) is 0 Å². The van der Waals surface area contributed by atoms with E-state index in [1.165, 1.54) is 0 Å². The summed E-state index contributed by atoms with van der Waals surface area (Å²) in [5.41, 5.74) is 6.98. The standard InChI is InChI=1S/C16H22N4O/c1-3-16(4-2,12-17)15(21)19-13-7-5-8-14(11-13)20-10-6-9-18-20/h5-11H,3-4,12,17H2,1-2H3,(H,19,21). The molecule has 0 fully saturated rings. The highest BCUT2D eigenvalue weighted by atomic mass is 16.2. The average Bonchev–Trinajstić information content (AvgIpc) is 3.04. The molecule has 0 radical (unpaired) electrons. The fourth-order valence-corrected chi connectivity index (χ4v) is 2.36. The second-order valence-corrected chi connectivity index (χ2v) is 5.15. The molecule has 0 spiro atoms. The zero-order chi connectivity index (χ0) is 15.3. The van der Waals surface area contributed by atoms with E-state index in [9.17, 15) is 4.79 Å². The third-order valence-corrected chi connectivity index (χ3v) is 4.10. The number of anilines is 1. The number of carbonyl (C=O) groups is 1. The summed E-state index contributed by atoms with van der Waals surface area (Å²) < 4.78 is 1.76. The van der Waals surface area contributed by atoms with E-state index in [4.69, 9.17) is 5.73 Å². The zero-order valence-electron chi connectivity index (χ0n) is 12.5. The molecule has 5 nitrogen and oxygen atoms in total. The summed E-state index contributed by atoms with van der Waals surface area (Å²) in [7, 11) is 0. The summed E-state index contributed by atoms with van der Waals surface area (Å²) in [5, 5.41) is 7.17. The van der Waals surface area contributed by atoms with E-state index in [2.05, 4.69) is 10.4 Å². The lowest BCUT2D eigenvalue weighted by Gasteiger charge is -2.28. The Morgan fingerprint density at radius 3 is 2.67 bits per heavy atom. The van der Waals surface area contributed by atoms with Crippen LogP contribution in [0, 0.1) is 5.41 Å². The summed E-state index contributed by atoms with van der Waals surface area (Å²) >= 11 is 0. The third kappa shape index (κ3) is 3.13. The molecule has 5 heteroatoms. The van der Waals surface area contributed by atoms with E-state index in [0.717, 1.165) is 24.2 Å². The molecule has 21 heavy (non-hydrogen) atoms. The number of nitrogens with zero attached hydrogens (tertiary/aromatic N) is 2. The first kappa shape index (κ1) is 15.3. The predicted octanol–water partition coefficient (Wildman–Crippen LogP) is 2.58. The lowest BCUT2D eigenvalue weighted by atomic mass is 9.81. The van der Waals surface area contributed by atoms with Gasteiger partial charge in [-0.15, -0.1) is 0 Å². The van der Waals surface area contributed by atoms with Crippen molar-refractivity contribution < 1.29 is 4.79 Å². The minimum atomic E-state index is -0.498. The first-order valence-corrected chi connectivity index (χ1v) is 7.27. The van der Waals surface area contributed by atoms with E-state index >= 15 is 0 Å². The van der Waals surface area contributed by atoms with Gasteiger partial charge in [0.2, 0.25) is 5.91 Å². The van der Waals surface area contributed by atoms with Crippen LogP contribution < -0.4 is 11.1 Å². The van der Waals surface area contributed by atoms with Gasteiger partial charge in [0.1, 0.15) is 0 Å². The van der Waals surface area contributed by atoms with Gasteiger partial charge < -0.3 is 11.1 Å². The van der Waals surface area contributed by atoms with E-state index in [1.54, 1.807) is 10.9 Å². The molecular formula is C16H22N4O. The zero-order valence-corrected chi connectivity index (χ0v) is 12.5. The van der Waals surface area contributed by atoms with Gasteiger partial charge in [0.05, 0.1) is 11.1 Å². The Morgan fingerprint density at radius 2 is 2.10 bits per heavy atom. The van der Waals surface area contributed by atoms with E-state index < -0.39 is 5.41 Å².